The lowest BCUT2D eigenvalue weighted by Crippen LogP contribution is -2.27. The molecule has 0 aromatic carbocycles. The maximum absolute atomic E-state index is 11.1. The summed E-state index contributed by atoms with van der Waals surface area (Å²) in [6.45, 7) is 4.61. The first kappa shape index (κ1) is 21.6. The minimum atomic E-state index is -0.534. The Morgan fingerprint density at radius 3 is 1.46 bits per heavy atom. The van der Waals surface area contributed by atoms with Crippen LogP contribution in [-0.2, 0) is 28.5 Å². The van der Waals surface area contributed by atoms with Crippen molar-refractivity contribution in [1.29, 1.82) is 0 Å². The van der Waals surface area contributed by atoms with Gasteiger partial charge in [0.15, 0.2) is 12.6 Å². The number of carbonyl (C=O) groups excluding carboxylic acids is 2. The van der Waals surface area contributed by atoms with Crippen molar-refractivity contribution >= 4 is 37.2 Å². The number of ether oxygens (including phenoxy) is 4. The van der Waals surface area contributed by atoms with E-state index in [-0.39, 0.29) is 23.4 Å². The van der Waals surface area contributed by atoms with Crippen molar-refractivity contribution in [2.75, 3.05) is 24.7 Å². The number of thiol groups is 2. The number of rotatable bonds is 10. The van der Waals surface area contributed by atoms with E-state index in [0.29, 0.717) is 25.0 Å². The molecule has 2 atom stereocenters. The highest BCUT2D eigenvalue weighted by molar-refractivity contribution is 7.81. The molecule has 6 nitrogen and oxygen atoms in total. The molecule has 1 aliphatic rings. The molecule has 0 bridgehead atoms. The summed E-state index contributed by atoms with van der Waals surface area (Å²) < 4.78 is 21.2. The van der Waals surface area contributed by atoms with E-state index >= 15 is 0 Å². The first-order valence-corrected chi connectivity index (χ1v) is 9.55. The van der Waals surface area contributed by atoms with Crippen molar-refractivity contribution in [3.05, 3.63) is 0 Å². The van der Waals surface area contributed by atoms with E-state index in [0.717, 1.165) is 25.7 Å². The van der Waals surface area contributed by atoms with Crippen molar-refractivity contribution in [2.24, 2.45) is 11.8 Å². The molecule has 0 aromatic heterocycles. The van der Waals surface area contributed by atoms with Gasteiger partial charge in [-0.2, -0.15) is 25.3 Å². The summed E-state index contributed by atoms with van der Waals surface area (Å²) in [5.74, 6) is 0.302. The van der Waals surface area contributed by atoms with Gasteiger partial charge < -0.3 is 18.9 Å². The molecule has 0 heterocycles. The quantitative estimate of drug-likeness (QED) is 0.345. The molecule has 0 radical (unpaired) electrons. The summed E-state index contributed by atoms with van der Waals surface area (Å²) in [6, 6.07) is 0. The molecule has 1 aliphatic carbocycles. The second-order valence-corrected chi connectivity index (χ2v) is 6.62. The molecule has 2 unspecified atom stereocenters. The van der Waals surface area contributed by atoms with Crippen LogP contribution in [0.1, 0.15) is 39.5 Å². The molecule has 140 valence electrons. The van der Waals surface area contributed by atoms with E-state index in [1.807, 2.05) is 0 Å². The Hall–Kier alpha value is -0.440. The highest BCUT2D eigenvalue weighted by Gasteiger charge is 2.23. The molecule has 0 saturated heterocycles. The van der Waals surface area contributed by atoms with Crippen LogP contribution in [0.5, 0.6) is 0 Å². The first-order valence-electron chi connectivity index (χ1n) is 8.28. The van der Waals surface area contributed by atoms with Gasteiger partial charge in [-0.25, -0.2) is 0 Å². The van der Waals surface area contributed by atoms with Crippen LogP contribution in [0.2, 0.25) is 0 Å². The SMILES string of the molecule is CC(OCC1CCC(COC(C)OC(=O)CS)CC1)OC(=O)CS. The van der Waals surface area contributed by atoms with E-state index in [1.165, 1.54) is 0 Å². The van der Waals surface area contributed by atoms with E-state index in [4.69, 9.17) is 18.9 Å². The van der Waals surface area contributed by atoms with Gasteiger partial charge in [0.25, 0.3) is 0 Å². The fourth-order valence-corrected chi connectivity index (χ4v) is 2.77. The minimum absolute atomic E-state index is 0.0561. The predicted octanol–water partition coefficient (Wildman–Crippen LogP) is 2.46. The van der Waals surface area contributed by atoms with Gasteiger partial charge in [0, 0.05) is 0 Å². The van der Waals surface area contributed by atoms with E-state index in [9.17, 15) is 9.59 Å². The third kappa shape index (κ3) is 9.15. The summed E-state index contributed by atoms with van der Waals surface area (Å²) in [4.78, 5) is 22.2. The topological polar surface area (TPSA) is 71.1 Å². The van der Waals surface area contributed by atoms with Gasteiger partial charge in [-0.1, -0.05) is 0 Å². The zero-order valence-electron chi connectivity index (χ0n) is 14.3. The second kappa shape index (κ2) is 12.0. The smallest absolute Gasteiger partial charge is 0.317 e. The Morgan fingerprint density at radius 2 is 1.17 bits per heavy atom. The number of carbonyl (C=O) groups is 2. The van der Waals surface area contributed by atoms with Gasteiger partial charge in [0.2, 0.25) is 0 Å². The summed E-state index contributed by atoms with van der Waals surface area (Å²) in [6.07, 6.45) is 3.12. The largest absolute Gasteiger partial charge is 0.435 e. The van der Waals surface area contributed by atoms with E-state index in [1.54, 1.807) is 13.8 Å². The third-order valence-electron chi connectivity index (χ3n) is 3.95. The molecule has 0 aliphatic heterocycles. The molecule has 1 rings (SSSR count). The van der Waals surface area contributed by atoms with Gasteiger partial charge in [-0.15, -0.1) is 0 Å². The molecule has 0 N–H and O–H groups in total. The Morgan fingerprint density at radius 1 is 0.833 bits per heavy atom. The normalized spacial score (nSPS) is 23.3. The Bertz CT molecular complexity index is 349. The molecule has 0 spiro atoms. The highest BCUT2D eigenvalue weighted by Crippen LogP contribution is 2.29. The molecule has 8 heteroatoms. The fourth-order valence-electron chi connectivity index (χ4n) is 2.62. The van der Waals surface area contributed by atoms with E-state index < -0.39 is 12.6 Å². The molecular weight excluding hydrogens is 352 g/mol. The summed E-state index contributed by atoms with van der Waals surface area (Å²) >= 11 is 7.71. The van der Waals surface area contributed by atoms with Gasteiger partial charge >= 0.3 is 11.9 Å². The standard InChI is InChI=1S/C16H28O6S2/c1-11(21-15(17)9-23)19-7-13-3-5-14(6-4-13)8-20-12(2)22-16(18)10-24/h11-14,23-24H,3-10H2,1-2H3. The van der Waals surface area contributed by atoms with Crippen LogP contribution in [-0.4, -0.2) is 49.2 Å². The van der Waals surface area contributed by atoms with Crippen LogP contribution in [0.25, 0.3) is 0 Å². The number of hydrogen-bond donors (Lipinski definition) is 2. The molecule has 1 saturated carbocycles. The van der Waals surface area contributed by atoms with Gasteiger partial charge in [-0.3, -0.25) is 9.59 Å². The molecule has 1 fully saturated rings. The summed E-state index contributed by atoms with van der Waals surface area (Å²) in [5, 5.41) is 0. The van der Waals surface area contributed by atoms with Crippen molar-refractivity contribution in [1.82, 2.24) is 0 Å². The molecule has 0 aromatic rings. The number of esters is 2. The van der Waals surface area contributed by atoms with Crippen LogP contribution in [0, 0.1) is 11.8 Å². The van der Waals surface area contributed by atoms with Crippen LogP contribution < -0.4 is 0 Å². The average Bonchev–Trinajstić information content (AvgIpc) is 2.58. The van der Waals surface area contributed by atoms with Crippen molar-refractivity contribution < 1.29 is 28.5 Å². The molecular formula is C16H28O6S2. The predicted molar refractivity (Wildman–Crippen MR) is 96.2 cm³/mol. The Labute approximate surface area is 154 Å². The molecule has 0 amide bonds. The van der Waals surface area contributed by atoms with E-state index in [2.05, 4.69) is 25.3 Å². The lowest BCUT2D eigenvalue weighted by atomic mass is 9.83. The van der Waals surface area contributed by atoms with Crippen molar-refractivity contribution in [2.45, 2.75) is 52.1 Å². The van der Waals surface area contributed by atoms with Crippen molar-refractivity contribution in [3.8, 4) is 0 Å². The summed E-state index contributed by atoms with van der Waals surface area (Å²) in [7, 11) is 0. The van der Waals surface area contributed by atoms with Crippen LogP contribution in [0.15, 0.2) is 0 Å². The van der Waals surface area contributed by atoms with Gasteiger partial charge in [0.1, 0.15) is 0 Å². The highest BCUT2D eigenvalue weighted by atomic mass is 32.1. The Kier molecular flexibility index (Phi) is 10.8. The average molecular weight is 381 g/mol. The van der Waals surface area contributed by atoms with Crippen LogP contribution in [0.3, 0.4) is 0 Å². The second-order valence-electron chi connectivity index (χ2n) is 5.98. The van der Waals surface area contributed by atoms with Gasteiger partial charge in [0.05, 0.1) is 24.7 Å². The van der Waals surface area contributed by atoms with Gasteiger partial charge in [-0.05, 0) is 51.4 Å². The summed E-state index contributed by atoms with van der Waals surface area (Å²) in [5.41, 5.74) is 0. The third-order valence-corrected chi connectivity index (χ3v) is 4.47. The Balaban J connectivity index is 2.13. The lowest BCUT2D eigenvalue weighted by Gasteiger charge is -2.29. The zero-order valence-corrected chi connectivity index (χ0v) is 16.1. The molecule has 24 heavy (non-hydrogen) atoms. The fraction of sp³-hybridized carbons (Fsp3) is 0.875. The maximum Gasteiger partial charge on any atom is 0.317 e. The zero-order chi connectivity index (χ0) is 17.9. The maximum atomic E-state index is 11.1. The monoisotopic (exact) mass is 380 g/mol. The van der Waals surface area contributed by atoms with Crippen molar-refractivity contribution in [3.63, 3.8) is 0 Å². The minimum Gasteiger partial charge on any atom is -0.435 e. The lowest BCUT2D eigenvalue weighted by molar-refractivity contribution is -0.177. The van der Waals surface area contributed by atoms with Crippen LogP contribution >= 0.6 is 25.3 Å². The van der Waals surface area contributed by atoms with Crippen LogP contribution in [0.4, 0.5) is 0 Å². The number of hydrogen-bond acceptors (Lipinski definition) is 8. The first-order chi connectivity index (χ1) is 11.4.